The lowest BCUT2D eigenvalue weighted by Crippen LogP contribution is -2.12. The first-order valence-electron chi connectivity index (χ1n) is 4.32. The van der Waals surface area contributed by atoms with Crippen LogP contribution >= 0.6 is 11.6 Å². The molecule has 0 fully saturated rings. The fourth-order valence-electron chi connectivity index (χ4n) is 1.15. The molecule has 0 radical (unpaired) electrons. The number of amidine groups is 1. The van der Waals surface area contributed by atoms with Crippen molar-refractivity contribution in [2.75, 3.05) is 5.88 Å². The van der Waals surface area contributed by atoms with Gasteiger partial charge in [-0.2, -0.15) is 0 Å². The lowest BCUT2D eigenvalue weighted by Gasteiger charge is -2.03. The van der Waals surface area contributed by atoms with Gasteiger partial charge in [-0.25, -0.2) is 4.99 Å². The molecule has 0 aliphatic heterocycles. The quantitative estimate of drug-likeness (QED) is 0.278. The molecule has 0 bridgehead atoms. The van der Waals surface area contributed by atoms with Gasteiger partial charge >= 0.3 is 5.69 Å². The Morgan fingerprint density at radius 1 is 1.69 bits per heavy atom. The highest BCUT2D eigenvalue weighted by atomic mass is 35.5. The van der Waals surface area contributed by atoms with E-state index in [1.807, 2.05) is 0 Å². The number of aromatic hydroxyl groups is 1. The molecular weight excluding hydrogens is 234 g/mol. The average molecular weight is 244 g/mol. The molecule has 1 aromatic carbocycles. The maximum atomic E-state index is 10.6. The minimum absolute atomic E-state index is 0.0127. The first-order chi connectivity index (χ1) is 7.45. The summed E-state index contributed by atoms with van der Waals surface area (Å²) in [6, 6.07) is 2.74. The van der Waals surface area contributed by atoms with Gasteiger partial charge in [-0.1, -0.05) is 0 Å². The second kappa shape index (κ2) is 4.80. The van der Waals surface area contributed by atoms with Crippen LogP contribution in [0.2, 0.25) is 0 Å². The Kier molecular flexibility index (Phi) is 3.68. The zero-order valence-electron chi connectivity index (χ0n) is 8.48. The van der Waals surface area contributed by atoms with Gasteiger partial charge in [-0.05, 0) is 18.6 Å². The predicted molar refractivity (Wildman–Crippen MR) is 61.5 cm³/mol. The minimum Gasteiger partial charge on any atom is -0.501 e. The van der Waals surface area contributed by atoms with Crippen LogP contribution in [-0.4, -0.2) is 21.7 Å². The first kappa shape index (κ1) is 12.3. The van der Waals surface area contributed by atoms with Crippen LogP contribution in [0.5, 0.6) is 5.75 Å². The van der Waals surface area contributed by atoms with E-state index in [0.29, 0.717) is 5.56 Å². The maximum absolute atomic E-state index is 10.6. The van der Waals surface area contributed by atoms with Crippen molar-refractivity contribution in [1.29, 1.82) is 0 Å². The fourth-order valence-corrected chi connectivity index (χ4v) is 1.21. The third-order valence-electron chi connectivity index (χ3n) is 1.81. The van der Waals surface area contributed by atoms with Crippen molar-refractivity contribution >= 4 is 28.8 Å². The number of nitro benzene ring substituents is 1. The highest BCUT2D eigenvalue weighted by molar-refractivity contribution is 6.28. The molecule has 16 heavy (non-hydrogen) atoms. The fraction of sp³-hybridized carbons (Fsp3) is 0.222. The van der Waals surface area contributed by atoms with Crippen molar-refractivity contribution in [3.05, 3.63) is 27.8 Å². The molecule has 0 aliphatic rings. The number of phenols is 1. The van der Waals surface area contributed by atoms with Crippen molar-refractivity contribution < 1.29 is 10.0 Å². The van der Waals surface area contributed by atoms with Crippen LogP contribution in [0.15, 0.2) is 17.1 Å². The van der Waals surface area contributed by atoms with Crippen LogP contribution in [0.1, 0.15) is 5.56 Å². The number of benzene rings is 1. The van der Waals surface area contributed by atoms with Gasteiger partial charge in [0, 0.05) is 6.07 Å². The van der Waals surface area contributed by atoms with E-state index in [4.69, 9.17) is 17.3 Å². The van der Waals surface area contributed by atoms with Crippen LogP contribution in [0.3, 0.4) is 0 Å². The van der Waals surface area contributed by atoms with Crippen molar-refractivity contribution in [3.63, 3.8) is 0 Å². The number of alkyl halides is 1. The van der Waals surface area contributed by atoms with Gasteiger partial charge in [0.2, 0.25) is 5.75 Å². The summed E-state index contributed by atoms with van der Waals surface area (Å²) in [6.45, 7) is 1.66. The summed E-state index contributed by atoms with van der Waals surface area (Å²) < 4.78 is 0. The highest BCUT2D eigenvalue weighted by Crippen LogP contribution is 2.36. The summed E-state index contributed by atoms with van der Waals surface area (Å²) in [5, 5.41) is 20.2. The van der Waals surface area contributed by atoms with Crippen LogP contribution in [0.4, 0.5) is 11.4 Å². The third-order valence-corrected chi connectivity index (χ3v) is 2.09. The molecule has 0 heterocycles. The van der Waals surface area contributed by atoms with Crippen molar-refractivity contribution in [2.45, 2.75) is 6.92 Å². The normalized spacial score (nSPS) is 11.5. The summed E-state index contributed by atoms with van der Waals surface area (Å²) in [5.41, 5.74) is 5.63. The van der Waals surface area contributed by atoms with Crippen LogP contribution < -0.4 is 5.73 Å². The second-order valence-corrected chi connectivity index (χ2v) is 3.41. The molecule has 0 saturated heterocycles. The second-order valence-electron chi connectivity index (χ2n) is 3.15. The standard InChI is InChI=1S/C9H10ClN3O3/c1-5-2-6(12-8(11)4-10)9(14)7(3-5)13(15)16/h2-3,14H,4H2,1H3,(H2,11,12). The Labute approximate surface area is 96.5 Å². The molecule has 86 valence electrons. The lowest BCUT2D eigenvalue weighted by atomic mass is 10.2. The average Bonchev–Trinajstić information content (AvgIpc) is 2.22. The Hall–Kier alpha value is -1.82. The molecule has 0 saturated carbocycles. The van der Waals surface area contributed by atoms with E-state index >= 15 is 0 Å². The number of nitrogens with zero attached hydrogens (tertiary/aromatic N) is 2. The van der Waals surface area contributed by atoms with Crippen LogP contribution in [0, 0.1) is 17.0 Å². The monoisotopic (exact) mass is 243 g/mol. The van der Waals surface area contributed by atoms with Crippen LogP contribution in [-0.2, 0) is 0 Å². The van der Waals surface area contributed by atoms with Gasteiger partial charge in [0.05, 0.1) is 10.8 Å². The number of hydrogen-bond acceptors (Lipinski definition) is 4. The molecule has 0 spiro atoms. The molecule has 1 aromatic rings. The van der Waals surface area contributed by atoms with Crippen molar-refractivity contribution in [2.24, 2.45) is 10.7 Å². The molecule has 0 aliphatic carbocycles. The summed E-state index contributed by atoms with van der Waals surface area (Å²) in [4.78, 5) is 13.7. The zero-order valence-corrected chi connectivity index (χ0v) is 9.23. The largest absolute Gasteiger partial charge is 0.501 e. The number of nitrogens with two attached hydrogens (primary N) is 1. The van der Waals surface area contributed by atoms with E-state index in [1.165, 1.54) is 12.1 Å². The molecule has 0 amide bonds. The van der Waals surface area contributed by atoms with Crippen molar-refractivity contribution in [1.82, 2.24) is 0 Å². The van der Waals surface area contributed by atoms with E-state index in [2.05, 4.69) is 4.99 Å². The Bertz CT molecular complexity index is 460. The molecule has 0 unspecified atom stereocenters. The Morgan fingerprint density at radius 2 is 2.31 bits per heavy atom. The Morgan fingerprint density at radius 3 is 2.81 bits per heavy atom. The maximum Gasteiger partial charge on any atom is 0.313 e. The predicted octanol–water partition coefficient (Wildman–Crippen LogP) is 1.84. The minimum atomic E-state index is -0.682. The molecule has 1 rings (SSSR count). The van der Waals surface area contributed by atoms with Gasteiger partial charge in [-0.3, -0.25) is 10.1 Å². The van der Waals surface area contributed by atoms with E-state index in [0.717, 1.165) is 0 Å². The number of halogens is 1. The topological polar surface area (TPSA) is 102 Å². The van der Waals surface area contributed by atoms with Gasteiger partial charge in [0.1, 0.15) is 11.5 Å². The number of aliphatic imine (C=N–C) groups is 1. The molecule has 7 heteroatoms. The summed E-state index contributed by atoms with van der Waals surface area (Å²) in [6.07, 6.45) is 0. The van der Waals surface area contributed by atoms with Gasteiger partial charge < -0.3 is 10.8 Å². The molecule has 0 aromatic heterocycles. The summed E-state index contributed by atoms with van der Waals surface area (Å²) >= 11 is 5.43. The summed E-state index contributed by atoms with van der Waals surface area (Å²) in [5.74, 6) is -0.443. The molecule has 0 atom stereocenters. The van der Waals surface area contributed by atoms with Gasteiger partial charge in [0.25, 0.3) is 0 Å². The highest BCUT2D eigenvalue weighted by Gasteiger charge is 2.17. The van der Waals surface area contributed by atoms with E-state index < -0.39 is 16.4 Å². The number of hydrogen-bond donors (Lipinski definition) is 2. The summed E-state index contributed by atoms with van der Waals surface area (Å²) in [7, 11) is 0. The first-order valence-corrected chi connectivity index (χ1v) is 4.86. The zero-order chi connectivity index (χ0) is 12.3. The number of rotatable bonds is 3. The lowest BCUT2D eigenvalue weighted by molar-refractivity contribution is -0.385. The third kappa shape index (κ3) is 2.60. The van der Waals surface area contributed by atoms with E-state index in [1.54, 1.807) is 6.92 Å². The molecule has 6 nitrogen and oxygen atoms in total. The number of aryl methyl sites for hydroxylation is 1. The van der Waals surface area contributed by atoms with E-state index in [9.17, 15) is 15.2 Å². The molecule has 3 N–H and O–H groups in total. The van der Waals surface area contributed by atoms with Crippen molar-refractivity contribution in [3.8, 4) is 5.75 Å². The number of nitro groups is 1. The van der Waals surface area contributed by atoms with Gasteiger partial charge in [0.15, 0.2) is 0 Å². The van der Waals surface area contributed by atoms with Gasteiger partial charge in [-0.15, -0.1) is 11.6 Å². The number of phenolic OH excluding ortho intramolecular Hbond substituents is 1. The SMILES string of the molecule is Cc1cc(N=C(N)CCl)c(O)c([N+](=O)[O-])c1. The molecular formula is C9H10ClN3O3. The van der Waals surface area contributed by atoms with Crippen LogP contribution in [0.25, 0.3) is 0 Å². The van der Waals surface area contributed by atoms with E-state index in [-0.39, 0.29) is 17.4 Å². The Balaban J connectivity index is 3.35. The smallest absolute Gasteiger partial charge is 0.313 e.